The molecule has 5 atom stereocenters. The first-order valence-electron chi connectivity index (χ1n) is 14.2. The molecular weight excluding hydrogens is 518 g/mol. The van der Waals surface area contributed by atoms with Crippen molar-refractivity contribution in [1.82, 2.24) is 26.2 Å². The van der Waals surface area contributed by atoms with Crippen molar-refractivity contribution < 1.29 is 33.8 Å². The van der Waals surface area contributed by atoms with Gasteiger partial charge in [0.15, 0.2) is 0 Å². The number of hydrogen-bond donors (Lipinski definition) is 5. The van der Waals surface area contributed by atoms with E-state index in [2.05, 4.69) is 21.3 Å². The first-order valence-corrected chi connectivity index (χ1v) is 14.2. The van der Waals surface area contributed by atoms with Crippen LogP contribution in [0, 0.1) is 23.2 Å². The van der Waals surface area contributed by atoms with Crippen LogP contribution in [0.15, 0.2) is 11.6 Å². The van der Waals surface area contributed by atoms with Crippen molar-refractivity contribution in [2.45, 2.75) is 71.5 Å². The van der Waals surface area contributed by atoms with Gasteiger partial charge in [0.25, 0.3) is 0 Å². The van der Waals surface area contributed by atoms with E-state index in [1.807, 2.05) is 19.9 Å². The van der Waals surface area contributed by atoms with E-state index in [0.29, 0.717) is 44.3 Å². The largest absolute Gasteiger partial charge is 0.469 e. The maximum atomic E-state index is 13.5. The van der Waals surface area contributed by atoms with Gasteiger partial charge in [0, 0.05) is 25.2 Å². The highest BCUT2D eigenvalue weighted by Crippen LogP contribution is 2.58. The molecule has 1 aliphatic carbocycles. The van der Waals surface area contributed by atoms with E-state index in [-0.39, 0.29) is 42.1 Å². The molecule has 4 amide bonds. The van der Waals surface area contributed by atoms with Crippen molar-refractivity contribution in [1.29, 1.82) is 0 Å². The highest BCUT2D eigenvalue weighted by atomic mass is 16.5. The van der Waals surface area contributed by atoms with Gasteiger partial charge in [-0.2, -0.15) is 0 Å². The number of piperidine rings is 1. The minimum absolute atomic E-state index is 0.0635. The monoisotopic (exact) mass is 563 g/mol. The fourth-order valence-electron chi connectivity index (χ4n) is 5.62. The lowest BCUT2D eigenvalue weighted by Crippen LogP contribution is -2.59. The number of aliphatic hydroxyl groups is 1. The number of esters is 1. The van der Waals surface area contributed by atoms with E-state index >= 15 is 0 Å². The molecule has 40 heavy (non-hydrogen) atoms. The van der Waals surface area contributed by atoms with Crippen LogP contribution in [0.25, 0.3) is 0 Å². The lowest BCUT2D eigenvalue weighted by atomic mass is 9.95. The Morgan fingerprint density at radius 1 is 1.10 bits per heavy atom. The average molecular weight is 564 g/mol. The number of hydrogen-bond acceptors (Lipinski definition) is 8. The maximum Gasteiger partial charge on any atom is 0.313 e. The fraction of sp³-hybridized carbons (Fsp3) is 0.750. The second-order valence-corrected chi connectivity index (χ2v) is 11.9. The molecule has 2 aliphatic heterocycles. The first-order chi connectivity index (χ1) is 18.9. The highest BCUT2D eigenvalue weighted by Gasteiger charge is 2.63. The van der Waals surface area contributed by atoms with Crippen LogP contribution in [-0.4, -0.2) is 97.6 Å². The number of ether oxygens (including phenoxy) is 1. The number of fused-ring (bicyclic) bond motifs is 1. The molecule has 0 aromatic heterocycles. The van der Waals surface area contributed by atoms with Crippen LogP contribution in [0.1, 0.15) is 53.4 Å². The number of aliphatic hydroxyl groups excluding tert-OH is 1. The van der Waals surface area contributed by atoms with Crippen molar-refractivity contribution in [2.24, 2.45) is 23.2 Å². The molecular formula is C28H45N5O7. The molecule has 0 aromatic rings. The van der Waals surface area contributed by atoms with Gasteiger partial charge in [-0.1, -0.05) is 33.8 Å². The van der Waals surface area contributed by atoms with Gasteiger partial charge in [-0.05, 0) is 50.0 Å². The summed E-state index contributed by atoms with van der Waals surface area (Å²) in [5.74, 6) is -2.31. The zero-order valence-corrected chi connectivity index (χ0v) is 24.2. The molecule has 1 saturated carbocycles. The van der Waals surface area contributed by atoms with Crippen LogP contribution in [-0.2, 0) is 28.7 Å². The molecule has 12 nitrogen and oxygen atoms in total. The molecule has 3 aliphatic rings. The summed E-state index contributed by atoms with van der Waals surface area (Å²) < 4.78 is 4.98. The molecule has 2 fully saturated rings. The number of nitrogens with zero attached hydrogens (tertiary/aromatic N) is 1. The van der Waals surface area contributed by atoms with Gasteiger partial charge in [-0.25, -0.2) is 0 Å². The van der Waals surface area contributed by atoms with Crippen LogP contribution in [0.5, 0.6) is 0 Å². The van der Waals surface area contributed by atoms with Gasteiger partial charge >= 0.3 is 5.97 Å². The van der Waals surface area contributed by atoms with Crippen LogP contribution < -0.4 is 21.3 Å². The number of methoxy groups -OCH3 is 1. The zero-order valence-electron chi connectivity index (χ0n) is 24.2. The van der Waals surface area contributed by atoms with Gasteiger partial charge in [0.1, 0.15) is 18.1 Å². The molecule has 2 heterocycles. The minimum Gasteiger partial charge on any atom is -0.469 e. The summed E-state index contributed by atoms with van der Waals surface area (Å²) in [5.41, 5.74) is -0.128. The Kier molecular flexibility index (Phi) is 10.7. The number of amides is 4. The van der Waals surface area contributed by atoms with Gasteiger partial charge < -0.3 is 36.0 Å². The predicted octanol–water partition coefficient (Wildman–Crippen LogP) is -0.533. The van der Waals surface area contributed by atoms with E-state index < -0.39 is 42.0 Å². The predicted molar refractivity (Wildman–Crippen MR) is 146 cm³/mol. The van der Waals surface area contributed by atoms with Crippen molar-refractivity contribution >= 4 is 29.6 Å². The van der Waals surface area contributed by atoms with Gasteiger partial charge in [0.05, 0.1) is 19.1 Å². The summed E-state index contributed by atoms with van der Waals surface area (Å²) in [4.78, 5) is 66.6. The van der Waals surface area contributed by atoms with Crippen LogP contribution in [0.2, 0.25) is 0 Å². The summed E-state index contributed by atoms with van der Waals surface area (Å²) in [5, 5.41) is 21.1. The van der Waals surface area contributed by atoms with E-state index in [9.17, 15) is 29.1 Å². The van der Waals surface area contributed by atoms with Gasteiger partial charge in [-0.15, -0.1) is 0 Å². The summed E-state index contributed by atoms with van der Waals surface area (Å²) in [7, 11) is 1.35. The van der Waals surface area contributed by atoms with E-state index in [0.717, 1.165) is 6.54 Å². The van der Waals surface area contributed by atoms with Crippen molar-refractivity contribution in [2.75, 3.05) is 39.9 Å². The Hall–Kier alpha value is -2.99. The van der Waals surface area contributed by atoms with Gasteiger partial charge in [0.2, 0.25) is 23.6 Å². The molecule has 0 bridgehead atoms. The lowest BCUT2D eigenvalue weighted by Gasteiger charge is -2.35. The average Bonchev–Trinajstić information content (AvgIpc) is 3.68. The second kappa shape index (κ2) is 13.6. The smallest absolute Gasteiger partial charge is 0.313 e. The first kappa shape index (κ1) is 31.5. The van der Waals surface area contributed by atoms with E-state index in [1.165, 1.54) is 7.11 Å². The Labute approximate surface area is 236 Å². The molecule has 12 heteroatoms. The summed E-state index contributed by atoms with van der Waals surface area (Å²) in [6, 6.07) is -3.14. The van der Waals surface area contributed by atoms with Gasteiger partial charge in [-0.3, -0.25) is 24.0 Å². The van der Waals surface area contributed by atoms with Crippen LogP contribution in [0.4, 0.5) is 0 Å². The molecule has 0 spiro atoms. The van der Waals surface area contributed by atoms with Crippen molar-refractivity contribution in [3.63, 3.8) is 0 Å². The Morgan fingerprint density at radius 2 is 1.80 bits per heavy atom. The molecule has 224 valence electrons. The number of carbonyl (C=O) groups is 5. The van der Waals surface area contributed by atoms with Crippen LogP contribution in [0.3, 0.4) is 0 Å². The number of nitrogens with one attached hydrogen (secondary N) is 4. The maximum absolute atomic E-state index is 13.5. The quantitative estimate of drug-likeness (QED) is 0.198. The third-order valence-corrected chi connectivity index (χ3v) is 8.05. The third kappa shape index (κ3) is 7.39. The van der Waals surface area contributed by atoms with Crippen molar-refractivity contribution in [3.8, 4) is 0 Å². The normalized spacial score (nSPS) is 24.2. The van der Waals surface area contributed by atoms with E-state index in [4.69, 9.17) is 4.74 Å². The highest BCUT2D eigenvalue weighted by molar-refractivity contribution is 5.98. The molecule has 2 unspecified atom stereocenters. The Bertz CT molecular complexity index is 1010. The summed E-state index contributed by atoms with van der Waals surface area (Å²) in [6.07, 6.45) is 4.26. The third-order valence-electron chi connectivity index (χ3n) is 8.05. The SMILES string of the molecule is COC(=O)C12CC1CCN(C(=O)[C@H](CC(C)C)NC(=O)[C@H](CO)NC(=O)[C@@H](NC(=O)C1=CCCNC1)C(C)C)C2. The summed E-state index contributed by atoms with van der Waals surface area (Å²) >= 11 is 0. The standard InChI is InChI=1S/C28H45N5O7/c1-16(2)11-20(26(38)33-10-8-19-12-28(19,15-33)27(39)40-5)30-24(36)21(14-34)31-25(37)22(17(3)4)32-23(35)18-7-6-9-29-13-18/h7,16-17,19-22,29,34H,6,8-15H2,1-5H3,(H,30,36)(H,31,37)(H,32,35)/t19?,20-,21-,22-,28?/m0/s1. The van der Waals surface area contributed by atoms with Crippen molar-refractivity contribution in [3.05, 3.63) is 11.6 Å². The molecule has 5 N–H and O–H groups in total. The Morgan fingerprint density at radius 3 is 2.38 bits per heavy atom. The topological polar surface area (TPSA) is 166 Å². The molecule has 0 radical (unpaired) electrons. The minimum atomic E-state index is -1.32. The summed E-state index contributed by atoms with van der Waals surface area (Å²) in [6.45, 7) is 8.62. The fourth-order valence-corrected chi connectivity index (χ4v) is 5.62. The molecule has 1 saturated heterocycles. The number of rotatable bonds is 12. The molecule has 3 rings (SSSR count). The number of carbonyl (C=O) groups excluding carboxylic acids is 5. The zero-order chi connectivity index (χ0) is 29.6. The number of likely N-dealkylation sites (tertiary alicyclic amines) is 1. The lowest BCUT2D eigenvalue weighted by molar-refractivity contribution is -0.152. The Balaban J connectivity index is 1.65. The molecule has 0 aromatic carbocycles. The second-order valence-electron chi connectivity index (χ2n) is 11.9. The van der Waals surface area contributed by atoms with E-state index in [1.54, 1.807) is 18.7 Å². The van der Waals surface area contributed by atoms with Crippen LogP contribution >= 0.6 is 0 Å².